The molecule has 2 rings (SSSR count). The lowest BCUT2D eigenvalue weighted by atomic mass is 10.2. The molecular formula is C16H16BrFN2O2S. The maximum Gasteiger partial charge on any atom is 0.261 e. The van der Waals surface area contributed by atoms with Gasteiger partial charge in [0.2, 0.25) is 5.91 Å². The van der Waals surface area contributed by atoms with Gasteiger partial charge in [0.25, 0.3) is 5.91 Å². The number of carbonyl (C=O) groups excluding carboxylic acids is 2. The second kappa shape index (κ2) is 7.70. The molecule has 2 aromatic rings. The van der Waals surface area contributed by atoms with Crippen LogP contribution in [0.25, 0.3) is 0 Å². The fourth-order valence-corrected chi connectivity index (χ4v) is 3.10. The predicted octanol–water partition coefficient (Wildman–Crippen LogP) is 3.43. The minimum absolute atomic E-state index is 0.128. The molecule has 0 aliphatic carbocycles. The maximum absolute atomic E-state index is 13.8. The Morgan fingerprint density at radius 2 is 2.13 bits per heavy atom. The molecule has 0 fully saturated rings. The topological polar surface area (TPSA) is 49.4 Å². The van der Waals surface area contributed by atoms with Crippen molar-refractivity contribution in [3.8, 4) is 0 Å². The molecule has 0 spiro atoms. The highest BCUT2D eigenvalue weighted by atomic mass is 79.9. The van der Waals surface area contributed by atoms with Crippen LogP contribution in [0.2, 0.25) is 0 Å². The van der Waals surface area contributed by atoms with Crippen molar-refractivity contribution in [1.29, 1.82) is 0 Å². The molecular weight excluding hydrogens is 383 g/mol. The first-order valence-corrected chi connectivity index (χ1v) is 8.59. The number of likely N-dealkylation sites (N-methyl/N-ethyl adjacent to an activating group) is 1. The molecule has 1 aromatic heterocycles. The van der Waals surface area contributed by atoms with Crippen molar-refractivity contribution in [2.24, 2.45) is 0 Å². The number of hydrogen-bond acceptors (Lipinski definition) is 3. The number of hydrogen-bond donors (Lipinski definition) is 1. The van der Waals surface area contributed by atoms with Gasteiger partial charge in [-0.05, 0) is 36.6 Å². The van der Waals surface area contributed by atoms with Crippen LogP contribution in [0.5, 0.6) is 0 Å². The van der Waals surface area contributed by atoms with Gasteiger partial charge >= 0.3 is 0 Å². The monoisotopic (exact) mass is 398 g/mol. The van der Waals surface area contributed by atoms with Crippen molar-refractivity contribution in [2.75, 3.05) is 7.05 Å². The molecule has 122 valence electrons. The molecule has 0 radical (unpaired) electrons. The fourth-order valence-electron chi connectivity index (χ4n) is 2.07. The summed E-state index contributed by atoms with van der Waals surface area (Å²) in [6.07, 6.45) is 0. The van der Waals surface area contributed by atoms with E-state index in [2.05, 4.69) is 21.2 Å². The van der Waals surface area contributed by atoms with Crippen LogP contribution < -0.4 is 5.32 Å². The van der Waals surface area contributed by atoms with Crippen molar-refractivity contribution >= 4 is 39.1 Å². The van der Waals surface area contributed by atoms with Crippen molar-refractivity contribution in [1.82, 2.24) is 10.2 Å². The molecule has 23 heavy (non-hydrogen) atoms. The summed E-state index contributed by atoms with van der Waals surface area (Å²) in [6.45, 7) is 1.74. The highest BCUT2D eigenvalue weighted by Crippen LogP contribution is 2.17. The third-order valence-corrected chi connectivity index (χ3v) is 4.62. The highest BCUT2D eigenvalue weighted by Gasteiger charge is 2.21. The molecule has 0 bridgehead atoms. The van der Waals surface area contributed by atoms with Gasteiger partial charge in [0.15, 0.2) is 0 Å². The summed E-state index contributed by atoms with van der Waals surface area (Å²) in [4.78, 5) is 26.2. The first-order valence-electron chi connectivity index (χ1n) is 6.91. The summed E-state index contributed by atoms with van der Waals surface area (Å²) in [5.41, 5.74) is 0.409. The molecule has 0 aliphatic heterocycles. The number of nitrogens with one attached hydrogen (secondary N) is 1. The van der Waals surface area contributed by atoms with Gasteiger partial charge < -0.3 is 10.2 Å². The van der Waals surface area contributed by atoms with E-state index < -0.39 is 6.04 Å². The van der Waals surface area contributed by atoms with Gasteiger partial charge in [0.05, 0.1) is 4.88 Å². The average molecular weight is 399 g/mol. The Labute approximate surface area is 146 Å². The van der Waals surface area contributed by atoms with Crippen LogP contribution in [0.15, 0.2) is 40.2 Å². The summed E-state index contributed by atoms with van der Waals surface area (Å²) in [7, 11) is 1.58. The van der Waals surface area contributed by atoms with Gasteiger partial charge in [-0.15, -0.1) is 11.3 Å². The predicted molar refractivity (Wildman–Crippen MR) is 91.8 cm³/mol. The summed E-state index contributed by atoms with van der Waals surface area (Å²) in [6, 6.07) is 7.36. The number of carbonyl (C=O) groups is 2. The second-order valence-corrected chi connectivity index (χ2v) is 6.97. The van der Waals surface area contributed by atoms with Crippen molar-refractivity contribution < 1.29 is 14.0 Å². The van der Waals surface area contributed by atoms with E-state index in [1.54, 1.807) is 43.6 Å². The normalized spacial score (nSPS) is 11.8. The van der Waals surface area contributed by atoms with E-state index in [4.69, 9.17) is 0 Å². The number of benzene rings is 1. The van der Waals surface area contributed by atoms with Crippen molar-refractivity contribution in [2.45, 2.75) is 19.5 Å². The maximum atomic E-state index is 13.8. The van der Waals surface area contributed by atoms with E-state index in [1.165, 1.54) is 22.3 Å². The number of amides is 2. The molecule has 0 saturated carbocycles. The number of nitrogens with zero attached hydrogens (tertiary/aromatic N) is 1. The zero-order chi connectivity index (χ0) is 17.0. The molecule has 2 amide bonds. The molecule has 0 aliphatic rings. The third-order valence-electron chi connectivity index (χ3n) is 3.25. The lowest BCUT2D eigenvalue weighted by Crippen LogP contribution is -2.45. The summed E-state index contributed by atoms with van der Waals surface area (Å²) < 4.78 is 14.5. The van der Waals surface area contributed by atoms with E-state index in [0.717, 1.165) is 4.47 Å². The lowest BCUT2D eigenvalue weighted by Gasteiger charge is -2.22. The second-order valence-electron chi connectivity index (χ2n) is 5.10. The van der Waals surface area contributed by atoms with Gasteiger partial charge in [0.1, 0.15) is 11.9 Å². The SMILES string of the molecule is CC(NC(=O)c1cccs1)C(=O)N(C)Cc1cc(Br)ccc1F. The van der Waals surface area contributed by atoms with Crippen LogP contribution in [0.1, 0.15) is 22.2 Å². The first-order chi connectivity index (χ1) is 10.9. The standard InChI is InChI=1S/C16H16BrFN2O2S/c1-10(19-15(21)14-4-3-7-23-14)16(22)20(2)9-11-8-12(17)5-6-13(11)18/h3-8,10H,9H2,1-2H3,(H,19,21). The quantitative estimate of drug-likeness (QED) is 0.838. The minimum Gasteiger partial charge on any atom is -0.340 e. The molecule has 1 unspecified atom stereocenters. The molecule has 1 atom stereocenters. The van der Waals surface area contributed by atoms with E-state index in [-0.39, 0.29) is 24.2 Å². The fraction of sp³-hybridized carbons (Fsp3) is 0.250. The molecule has 1 N–H and O–H groups in total. The van der Waals surface area contributed by atoms with Crippen LogP contribution in [-0.2, 0) is 11.3 Å². The smallest absolute Gasteiger partial charge is 0.261 e. The number of halogens is 2. The molecule has 4 nitrogen and oxygen atoms in total. The van der Waals surface area contributed by atoms with Crippen LogP contribution in [-0.4, -0.2) is 29.8 Å². The zero-order valence-electron chi connectivity index (χ0n) is 12.7. The Morgan fingerprint density at radius 1 is 1.39 bits per heavy atom. The Morgan fingerprint density at radius 3 is 2.78 bits per heavy atom. The molecule has 0 saturated heterocycles. The molecule has 1 heterocycles. The van der Waals surface area contributed by atoms with Crippen LogP contribution in [0, 0.1) is 5.82 Å². The van der Waals surface area contributed by atoms with Crippen LogP contribution in [0.3, 0.4) is 0 Å². The highest BCUT2D eigenvalue weighted by molar-refractivity contribution is 9.10. The number of rotatable bonds is 5. The summed E-state index contributed by atoms with van der Waals surface area (Å²) in [5, 5.41) is 4.45. The van der Waals surface area contributed by atoms with Crippen molar-refractivity contribution in [3.63, 3.8) is 0 Å². The van der Waals surface area contributed by atoms with Gasteiger partial charge in [-0.1, -0.05) is 22.0 Å². The molecule has 7 heteroatoms. The summed E-state index contributed by atoms with van der Waals surface area (Å²) in [5.74, 6) is -0.944. The third kappa shape index (κ3) is 4.62. The van der Waals surface area contributed by atoms with E-state index in [9.17, 15) is 14.0 Å². The Kier molecular flexibility index (Phi) is 5.90. The summed E-state index contributed by atoms with van der Waals surface area (Å²) >= 11 is 4.59. The largest absolute Gasteiger partial charge is 0.340 e. The van der Waals surface area contributed by atoms with Crippen molar-refractivity contribution in [3.05, 3.63) is 56.4 Å². The minimum atomic E-state index is -0.690. The zero-order valence-corrected chi connectivity index (χ0v) is 15.1. The van der Waals surface area contributed by atoms with E-state index in [1.807, 2.05) is 0 Å². The first kappa shape index (κ1) is 17.6. The Balaban J connectivity index is 1.98. The van der Waals surface area contributed by atoms with Crippen LogP contribution in [0.4, 0.5) is 4.39 Å². The average Bonchev–Trinajstić information content (AvgIpc) is 3.04. The lowest BCUT2D eigenvalue weighted by molar-refractivity contribution is -0.132. The van der Waals surface area contributed by atoms with Gasteiger partial charge in [-0.2, -0.15) is 0 Å². The van der Waals surface area contributed by atoms with Gasteiger partial charge in [0, 0.05) is 23.6 Å². The van der Waals surface area contributed by atoms with E-state index in [0.29, 0.717) is 10.4 Å². The Hall–Kier alpha value is -1.73. The van der Waals surface area contributed by atoms with Gasteiger partial charge in [-0.3, -0.25) is 9.59 Å². The van der Waals surface area contributed by atoms with Gasteiger partial charge in [-0.25, -0.2) is 4.39 Å². The molecule has 1 aromatic carbocycles. The van der Waals surface area contributed by atoms with Crippen LogP contribution >= 0.6 is 27.3 Å². The van der Waals surface area contributed by atoms with E-state index >= 15 is 0 Å². The number of thiophene rings is 1. The Bertz CT molecular complexity index is 706.